The van der Waals surface area contributed by atoms with E-state index in [4.69, 9.17) is 28.3 Å². The van der Waals surface area contributed by atoms with Gasteiger partial charge in [-0.2, -0.15) is 0 Å². The maximum atomic E-state index is 12.1. The molecule has 0 radical (unpaired) electrons. The zero-order valence-electron chi connectivity index (χ0n) is 9.69. The topological polar surface area (TPSA) is 83.5 Å². The van der Waals surface area contributed by atoms with Gasteiger partial charge in [-0.15, -0.1) is 0 Å². The van der Waals surface area contributed by atoms with Crippen LogP contribution in [-0.4, -0.2) is 26.0 Å². The van der Waals surface area contributed by atoms with Gasteiger partial charge in [-0.05, 0) is 25.0 Å². The third kappa shape index (κ3) is 2.86. The molecule has 0 saturated heterocycles. The molecule has 2 N–H and O–H groups in total. The molecule has 0 aliphatic heterocycles. The fraction of sp³-hybridized carbons (Fsp3) is 0.364. The average Bonchev–Trinajstić information content (AvgIpc) is 3.07. The standard InChI is InChI=1S/C11H11Cl2NO4S/c12-7-2-1-3-8(13)9(7)19(17,18)14-6-11(4-5-11)10(15)16/h1-3,14H,4-6H2,(H,15,16). The van der Waals surface area contributed by atoms with Crippen LogP contribution in [0, 0.1) is 5.41 Å². The second-order valence-corrected chi connectivity index (χ2v) is 6.98. The van der Waals surface area contributed by atoms with Crippen LogP contribution in [0.15, 0.2) is 23.1 Å². The highest BCUT2D eigenvalue weighted by Gasteiger charge is 2.50. The van der Waals surface area contributed by atoms with Crippen molar-refractivity contribution in [2.24, 2.45) is 5.41 Å². The average molecular weight is 324 g/mol. The lowest BCUT2D eigenvalue weighted by atomic mass is 10.1. The van der Waals surface area contributed by atoms with Gasteiger partial charge in [0, 0.05) is 6.54 Å². The fourth-order valence-corrected chi connectivity index (χ4v) is 3.93. The van der Waals surface area contributed by atoms with Crippen molar-refractivity contribution in [2.45, 2.75) is 17.7 Å². The minimum atomic E-state index is -3.93. The zero-order valence-corrected chi connectivity index (χ0v) is 12.0. The van der Waals surface area contributed by atoms with Crippen LogP contribution in [0.5, 0.6) is 0 Å². The lowest BCUT2D eigenvalue weighted by Crippen LogP contribution is -2.34. The molecule has 0 spiro atoms. The van der Waals surface area contributed by atoms with E-state index in [2.05, 4.69) is 4.72 Å². The Balaban J connectivity index is 2.22. The van der Waals surface area contributed by atoms with Gasteiger partial charge in [0.05, 0.1) is 15.5 Å². The van der Waals surface area contributed by atoms with Gasteiger partial charge in [-0.1, -0.05) is 29.3 Å². The number of hydrogen-bond donors (Lipinski definition) is 2. The highest BCUT2D eigenvalue weighted by molar-refractivity contribution is 7.89. The second kappa shape index (κ2) is 4.94. The number of carboxylic acid groups (broad SMARTS) is 1. The van der Waals surface area contributed by atoms with Crippen LogP contribution in [0.25, 0.3) is 0 Å². The third-order valence-electron chi connectivity index (χ3n) is 3.10. The molecule has 1 fully saturated rings. The molecule has 5 nitrogen and oxygen atoms in total. The molecular formula is C11H11Cl2NO4S. The lowest BCUT2D eigenvalue weighted by molar-refractivity contribution is -0.143. The summed E-state index contributed by atoms with van der Waals surface area (Å²) < 4.78 is 26.5. The maximum absolute atomic E-state index is 12.1. The Kier molecular flexibility index (Phi) is 3.79. The van der Waals surface area contributed by atoms with Crippen molar-refractivity contribution >= 4 is 39.2 Å². The van der Waals surface area contributed by atoms with E-state index in [1.165, 1.54) is 18.2 Å². The van der Waals surface area contributed by atoms with Crippen molar-refractivity contribution in [3.8, 4) is 0 Å². The Bertz CT molecular complexity index is 605. The molecule has 1 aromatic rings. The van der Waals surface area contributed by atoms with Crippen LogP contribution in [0.1, 0.15) is 12.8 Å². The predicted octanol–water partition coefficient (Wildman–Crippen LogP) is 2.14. The summed E-state index contributed by atoms with van der Waals surface area (Å²) >= 11 is 11.6. The van der Waals surface area contributed by atoms with Crippen LogP contribution < -0.4 is 4.72 Å². The summed E-state index contributed by atoms with van der Waals surface area (Å²) in [5.74, 6) is -1.000. The van der Waals surface area contributed by atoms with Crippen LogP contribution in [0.2, 0.25) is 10.0 Å². The summed E-state index contributed by atoms with van der Waals surface area (Å²) in [6.45, 7) is -0.160. The molecule has 1 aliphatic rings. The summed E-state index contributed by atoms with van der Waals surface area (Å²) in [5.41, 5.74) is -0.985. The lowest BCUT2D eigenvalue weighted by Gasteiger charge is -2.13. The number of aliphatic carboxylic acids is 1. The van der Waals surface area contributed by atoms with Crippen molar-refractivity contribution in [1.29, 1.82) is 0 Å². The molecule has 1 aliphatic carbocycles. The third-order valence-corrected chi connectivity index (χ3v) is 5.45. The van der Waals surface area contributed by atoms with Gasteiger partial charge in [-0.3, -0.25) is 4.79 Å². The Hall–Kier alpha value is -0.820. The summed E-state index contributed by atoms with van der Waals surface area (Å²) in [4.78, 5) is 10.8. The fourth-order valence-electron chi connectivity index (χ4n) is 1.66. The van der Waals surface area contributed by atoms with E-state index in [0.29, 0.717) is 12.8 Å². The van der Waals surface area contributed by atoms with E-state index in [9.17, 15) is 13.2 Å². The first-order chi connectivity index (χ1) is 8.78. The molecule has 0 bridgehead atoms. The van der Waals surface area contributed by atoms with E-state index in [-0.39, 0.29) is 21.5 Å². The van der Waals surface area contributed by atoms with Crippen molar-refractivity contribution in [2.75, 3.05) is 6.54 Å². The number of carbonyl (C=O) groups is 1. The molecule has 0 atom stereocenters. The normalized spacial score (nSPS) is 17.2. The number of halogens is 2. The molecule has 19 heavy (non-hydrogen) atoms. The van der Waals surface area contributed by atoms with Gasteiger partial charge in [0.25, 0.3) is 0 Å². The van der Waals surface area contributed by atoms with Gasteiger partial charge in [-0.25, -0.2) is 13.1 Å². The predicted molar refractivity (Wildman–Crippen MR) is 71.0 cm³/mol. The molecule has 8 heteroatoms. The van der Waals surface area contributed by atoms with E-state index < -0.39 is 21.4 Å². The molecule has 1 saturated carbocycles. The Morgan fingerprint density at radius 3 is 2.26 bits per heavy atom. The number of nitrogens with one attached hydrogen (secondary N) is 1. The first-order valence-corrected chi connectivity index (χ1v) is 7.69. The van der Waals surface area contributed by atoms with Gasteiger partial charge in [0.2, 0.25) is 10.0 Å². The van der Waals surface area contributed by atoms with E-state index >= 15 is 0 Å². The molecule has 0 unspecified atom stereocenters. The van der Waals surface area contributed by atoms with Crippen molar-refractivity contribution in [1.82, 2.24) is 4.72 Å². The van der Waals surface area contributed by atoms with E-state index in [1.54, 1.807) is 0 Å². The summed E-state index contributed by atoms with van der Waals surface area (Å²) in [7, 11) is -3.93. The minimum Gasteiger partial charge on any atom is -0.481 e. The highest BCUT2D eigenvalue weighted by Crippen LogP contribution is 2.45. The van der Waals surface area contributed by atoms with Crippen LogP contribution in [-0.2, 0) is 14.8 Å². The second-order valence-electron chi connectivity index (χ2n) is 4.46. The van der Waals surface area contributed by atoms with Crippen molar-refractivity contribution < 1.29 is 18.3 Å². The monoisotopic (exact) mass is 323 g/mol. The first-order valence-electron chi connectivity index (χ1n) is 5.46. The van der Waals surface area contributed by atoms with Crippen molar-refractivity contribution in [3.05, 3.63) is 28.2 Å². The quantitative estimate of drug-likeness (QED) is 0.869. The molecule has 2 rings (SSSR count). The number of benzene rings is 1. The Morgan fingerprint density at radius 2 is 1.84 bits per heavy atom. The summed E-state index contributed by atoms with van der Waals surface area (Å²) in [5, 5.41) is 8.99. The minimum absolute atomic E-state index is 0.000159. The molecule has 0 heterocycles. The van der Waals surface area contributed by atoms with E-state index in [0.717, 1.165) is 0 Å². The Labute approximate surface area is 120 Å². The Morgan fingerprint density at radius 1 is 1.32 bits per heavy atom. The van der Waals surface area contributed by atoms with Crippen molar-refractivity contribution in [3.63, 3.8) is 0 Å². The highest BCUT2D eigenvalue weighted by atomic mass is 35.5. The van der Waals surface area contributed by atoms with Crippen LogP contribution >= 0.6 is 23.2 Å². The molecule has 0 aromatic heterocycles. The van der Waals surface area contributed by atoms with Gasteiger partial charge >= 0.3 is 5.97 Å². The molecule has 104 valence electrons. The number of hydrogen-bond acceptors (Lipinski definition) is 3. The number of carboxylic acids is 1. The maximum Gasteiger partial charge on any atom is 0.310 e. The molecule has 1 aromatic carbocycles. The van der Waals surface area contributed by atoms with Gasteiger partial charge < -0.3 is 5.11 Å². The van der Waals surface area contributed by atoms with Crippen LogP contribution in [0.4, 0.5) is 0 Å². The van der Waals surface area contributed by atoms with E-state index in [1.807, 2.05) is 0 Å². The number of rotatable bonds is 5. The first kappa shape index (κ1) is 14.6. The molecule has 0 amide bonds. The zero-order chi connectivity index (χ0) is 14.3. The smallest absolute Gasteiger partial charge is 0.310 e. The summed E-state index contributed by atoms with van der Waals surface area (Å²) in [6.07, 6.45) is 0.919. The van der Waals surface area contributed by atoms with Gasteiger partial charge in [0.1, 0.15) is 4.90 Å². The molecular weight excluding hydrogens is 313 g/mol. The van der Waals surface area contributed by atoms with Gasteiger partial charge in [0.15, 0.2) is 0 Å². The largest absolute Gasteiger partial charge is 0.481 e. The number of sulfonamides is 1. The van der Waals surface area contributed by atoms with Crippen LogP contribution in [0.3, 0.4) is 0 Å². The SMILES string of the molecule is O=C(O)C1(CNS(=O)(=O)c2c(Cl)cccc2Cl)CC1. The summed E-state index contributed by atoms with van der Waals surface area (Å²) in [6, 6.07) is 4.35.